The first-order valence-electron chi connectivity index (χ1n) is 5.04. The van der Waals surface area contributed by atoms with Crippen LogP contribution in [-0.4, -0.2) is 20.7 Å². The number of amides is 1. The topological polar surface area (TPSA) is 73.8 Å². The van der Waals surface area contributed by atoms with E-state index in [0.717, 1.165) is 6.20 Å². The van der Waals surface area contributed by atoms with Crippen molar-refractivity contribution in [3.05, 3.63) is 42.1 Å². The van der Waals surface area contributed by atoms with Crippen molar-refractivity contribution in [2.75, 3.05) is 0 Å². The van der Waals surface area contributed by atoms with Crippen LogP contribution < -0.4 is 5.73 Å². The lowest BCUT2D eigenvalue weighted by atomic mass is 10.0. The summed E-state index contributed by atoms with van der Waals surface area (Å²) < 4.78 is 14.1. The number of rotatable bonds is 3. The van der Waals surface area contributed by atoms with Crippen LogP contribution in [0.1, 0.15) is 18.4 Å². The number of halogens is 1. The molecule has 2 rings (SSSR count). The lowest BCUT2D eigenvalue weighted by Gasteiger charge is -2.07. The van der Waals surface area contributed by atoms with E-state index in [-0.39, 0.29) is 0 Å². The molecular formula is C11H11FN4O. The molecule has 0 bridgehead atoms. The normalized spacial score (nSPS) is 12.4. The Bertz CT molecular complexity index is 535. The van der Waals surface area contributed by atoms with Gasteiger partial charge in [-0.25, -0.2) is 14.1 Å². The third kappa shape index (κ3) is 2.30. The van der Waals surface area contributed by atoms with Gasteiger partial charge in [-0.05, 0) is 18.6 Å². The Morgan fingerprint density at radius 1 is 1.47 bits per heavy atom. The molecule has 5 nitrogen and oxygen atoms in total. The molecule has 0 aliphatic rings. The van der Waals surface area contributed by atoms with Gasteiger partial charge in [-0.2, -0.15) is 5.10 Å². The highest BCUT2D eigenvalue weighted by Crippen LogP contribution is 2.14. The third-order valence-corrected chi connectivity index (χ3v) is 2.48. The molecule has 0 saturated heterocycles. The van der Waals surface area contributed by atoms with E-state index in [4.69, 9.17) is 5.73 Å². The number of nitrogens with zero attached hydrogens (tertiary/aromatic N) is 3. The molecule has 2 aromatic rings. The molecule has 2 aromatic heterocycles. The maximum absolute atomic E-state index is 12.8. The minimum Gasteiger partial charge on any atom is -0.369 e. The number of nitrogens with two attached hydrogens (primary N) is 1. The van der Waals surface area contributed by atoms with Gasteiger partial charge in [0.15, 0.2) is 11.6 Å². The lowest BCUT2D eigenvalue weighted by Crippen LogP contribution is -2.18. The van der Waals surface area contributed by atoms with Gasteiger partial charge in [0.1, 0.15) is 0 Å². The molecule has 0 radical (unpaired) electrons. The molecule has 0 spiro atoms. The average Bonchev–Trinajstić information content (AvgIpc) is 2.75. The largest absolute Gasteiger partial charge is 0.369 e. The zero-order valence-corrected chi connectivity index (χ0v) is 9.17. The molecule has 0 saturated carbocycles. The van der Waals surface area contributed by atoms with Crippen molar-refractivity contribution < 1.29 is 9.18 Å². The maximum Gasteiger partial charge on any atom is 0.224 e. The second-order valence-electron chi connectivity index (χ2n) is 3.68. The summed E-state index contributed by atoms with van der Waals surface area (Å²) in [6, 6.07) is 3.37. The fourth-order valence-electron chi connectivity index (χ4n) is 1.38. The van der Waals surface area contributed by atoms with Crippen LogP contribution in [0.4, 0.5) is 4.39 Å². The number of aromatic nitrogens is 3. The number of hydrogen-bond acceptors (Lipinski definition) is 3. The predicted molar refractivity (Wildman–Crippen MR) is 58.9 cm³/mol. The van der Waals surface area contributed by atoms with Crippen LogP contribution in [-0.2, 0) is 4.79 Å². The molecule has 6 heteroatoms. The molecule has 1 unspecified atom stereocenters. The standard InChI is InChI=1S/C11H11FN4O/c1-7(11(13)17)8-2-3-10(14-4-8)16-6-9(12)5-15-16/h2-7H,1H3,(H2,13,17). The van der Waals surface area contributed by atoms with E-state index in [1.54, 1.807) is 19.1 Å². The van der Waals surface area contributed by atoms with Gasteiger partial charge in [0, 0.05) is 6.20 Å². The number of primary amides is 1. The number of carbonyl (C=O) groups excluding carboxylic acids is 1. The van der Waals surface area contributed by atoms with Crippen LogP contribution >= 0.6 is 0 Å². The summed E-state index contributed by atoms with van der Waals surface area (Å²) in [6.07, 6.45) is 3.85. The highest BCUT2D eigenvalue weighted by Gasteiger charge is 2.12. The minimum absolute atomic E-state index is 0.397. The number of carbonyl (C=O) groups is 1. The second kappa shape index (κ2) is 4.32. The van der Waals surface area contributed by atoms with Gasteiger partial charge in [0.2, 0.25) is 5.91 Å². The molecule has 17 heavy (non-hydrogen) atoms. The summed E-state index contributed by atoms with van der Waals surface area (Å²) in [6.45, 7) is 1.70. The number of pyridine rings is 1. The summed E-state index contributed by atoms with van der Waals surface area (Å²) in [7, 11) is 0. The molecule has 0 aliphatic heterocycles. The fraction of sp³-hybridized carbons (Fsp3) is 0.182. The van der Waals surface area contributed by atoms with Crippen LogP contribution in [0, 0.1) is 5.82 Å². The quantitative estimate of drug-likeness (QED) is 0.860. The summed E-state index contributed by atoms with van der Waals surface area (Å²) in [5.41, 5.74) is 5.90. The summed E-state index contributed by atoms with van der Waals surface area (Å²) >= 11 is 0. The van der Waals surface area contributed by atoms with Gasteiger partial charge in [-0.1, -0.05) is 6.07 Å². The minimum atomic E-state index is -0.429. The highest BCUT2D eigenvalue weighted by molar-refractivity contribution is 5.81. The first kappa shape index (κ1) is 11.3. The number of hydrogen-bond donors (Lipinski definition) is 1. The zero-order valence-electron chi connectivity index (χ0n) is 9.17. The van der Waals surface area contributed by atoms with E-state index in [0.29, 0.717) is 11.4 Å². The fourth-order valence-corrected chi connectivity index (χ4v) is 1.38. The highest BCUT2D eigenvalue weighted by atomic mass is 19.1. The molecular weight excluding hydrogens is 223 g/mol. The predicted octanol–water partition coefficient (Wildman–Crippen LogP) is 0.995. The zero-order chi connectivity index (χ0) is 12.4. The van der Waals surface area contributed by atoms with Crippen LogP contribution in [0.25, 0.3) is 5.82 Å². The molecule has 2 heterocycles. The SMILES string of the molecule is CC(C(N)=O)c1ccc(-n2cc(F)cn2)nc1. The Hall–Kier alpha value is -2.24. The molecule has 0 fully saturated rings. The molecule has 88 valence electrons. The van der Waals surface area contributed by atoms with Gasteiger partial charge in [-0.15, -0.1) is 0 Å². The van der Waals surface area contributed by atoms with Gasteiger partial charge in [0.05, 0.1) is 18.3 Å². The Labute approximate surface area is 97.1 Å². The summed E-state index contributed by atoms with van der Waals surface area (Å²) in [4.78, 5) is 15.1. The van der Waals surface area contributed by atoms with Crippen molar-refractivity contribution in [2.24, 2.45) is 5.73 Å². The van der Waals surface area contributed by atoms with E-state index >= 15 is 0 Å². The van der Waals surface area contributed by atoms with Crippen molar-refractivity contribution in [3.8, 4) is 5.82 Å². The lowest BCUT2D eigenvalue weighted by molar-refractivity contribution is -0.119. The monoisotopic (exact) mass is 234 g/mol. The van der Waals surface area contributed by atoms with Gasteiger partial charge in [-0.3, -0.25) is 4.79 Å². The van der Waals surface area contributed by atoms with Gasteiger partial charge < -0.3 is 5.73 Å². The Kier molecular flexibility index (Phi) is 2.86. The van der Waals surface area contributed by atoms with Crippen molar-refractivity contribution in [1.29, 1.82) is 0 Å². The smallest absolute Gasteiger partial charge is 0.224 e. The van der Waals surface area contributed by atoms with Gasteiger partial charge >= 0.3 is 0 Å². The molecule has 0 aliphatic carbocycles. The van der Waals surface area contributed by atoms with Crippen molar-refractivity contribution in [1.82, 2.24) is 14.8 Å². The van der Waals surface area contributed by atoms with Crippen LogP contribution in [0.15, 0.2) is 30.7 Å². The van der Waals surface area contributed by atoms with Crippen molar-refractivity contribution >= 4 is 5.91 Å². The van der Waals surface area contributed by atoms with Gasteiger partial charge in [0.25, 0.3) is 0 Å². The van der Waals surface area contributed by atoms with E-state index < -0.39 is 17.6 Å². The Balaban J connectivity index is 2.27. The van der Waals surface area contributed by atoms with Crippen molar-refractivity contribution in [3.63, 3.8) is 0 Å². The van der Waals surface area contributed by atoms with E-state index in [1.807, 2.05) is 0 Å². The molecule has 1 amide bonds. The Morgan fingerprint density at radius 2 is 2.24 bits per heavy atom. The molecule has 2 N–H and O–H groups in total. The maximum atomic E-state index is 12.8. The van der Waals surface area contributed by atoms with Crippen LogP contribution in [0.2, 0.25) is 0 Å². The van der Waals surface area contributed by atoms with Crippen LogP contribution in [0.3, 0.4) is 0 Å². The molecule has 1 atom stereocenters. The summed E-state index contributed by atoms with van der Waals surface area (Å²) in [5.74, 6) is -0.758. The van der Waals surface area contributed by atoms with E-state index in [2.05, 4.69) is 10.1 Å². The second-order valence-corrected chi connectivity index (χ2v) is 3.68. The first-order valence-corrected chi connectivity index (χ1v) is 5.04. The van der Waals surface area contributed by atoms with E-state index in [1.165, 1.54) is 17.1 Å². The average molecular weight is 234 g/mol. The molecule has 0 aromatic carbocycles. The summed E-state index contributed by atoms with van der Waals surface area (Å²) in [5, 5.41) is 3.78. The van der Waals surface area contributed by atoms with Crippen LogP contribution in [0.5, 0.6) is 0 Å². The third-order valence-electron chi connectivity index (χ3n) is 2.48. The van der Waals surface area contributed by atoms with Crippen molar-refractivity contribution in [2.45, 2.75) is 12.8 Å². The van der Waals surface area contributed by atoms with E-state index in [9.17, 15) is 9.18 Å². The Morgan fingerprint density at radius 3 is 2.71 bits per heavy atom. The first-order chi connectivity index (χ1) is 8.08.